The highest BCUT2D eigenvalue weighted by Crippen LogP contribution is 2.27. The monoisotopic (exact) mass is 458 g/mol. The van der Waals surface area contributed by atoms with E-state index in [2.05, 4.69) is 15.0 Å². The first kappa shape index (κ1) is 21.3. The van der Waals surface area contributed by atoms with Gasteiger partial charge in [0.2, 0.25) is 5.88 Å². The number of halogens is 2. The largest absolute Gasteiger partial charge is 0.439 e. The first-order valence-corrected chi connectivity index (χ1v) is 10.4. The zero-order valence-electron chi connectivity index (χ0n) is 16.5. The summed E-state index contributed by atoms with van der Waals surface area (Å²) >= 11 is 12.2. The number of nitrogens with two attached hydrogens (primary N) is 1. The smallest absolute Gasteiger partial charge is 0.254 e. The topological polar surface area (TPSA) is 97.5 Å². The summed E-state index contributed by atoms with van der Waals surface area (Å²) in [5.74, 6) is 1.50. The van der Waals surface area contributed by atoms with Crippen LogP contribution < -0.4 is 15.4 Å². The number of aromatic nitrogens is 3. The molecule has 1 amide bonds. The molecule has 8 nitrogen and oxygen atoms in total. The van der Waals surface area contributed by atoms with Crippen LogP contribution in [0.1, 0.15) is 16.1 Å². The Bertz CT molecular complexity index is 1090. The molecule has 2 aromatic heterocycles. The van der Waals surface area contributed by atoms with Crippen molar-refractivity contribution in [2.75, 3.05) is 31.1 Å². The Balaban J connectivity index is 1.41. The minimum absolute atomic E-state index is 0.0643. The Morgan fingerprint density at radius 1 is 1.06 bits per heavy atom. The molecule has 1 aromatic carbocycles. The molecule has 1 aliphatic rings. The van der Waals surface area contributed by atoms with E-state index in [0.717, 1.165) is 0 Å². The van der Waals surface area contributed by atoms with E-state index in [4.69, 9.17) is 33.7 Å². The number of piperazine rings is 1. The summed E-state index contributed by atoms with van der Waals surface area (Å²) in [5.41, 5.74) is 6.82. The molecular weight excluding hydrogens is 439 g/mol. The van der Waals surface area contributed by atoms with Crippen molar-refractivity contribution in [1.29, 1.82) is 0 Å². The number of carbonyl (C=O) groups is 1. The number of anilines is 1. The molecule has 0 radical (unpaired) electrons. The third-order valence-electron chi connectivity index (χ3n) is 4.87. The van der Waals surface area contributed by atoms with Crippen LogP contribution in [0.5, 0.6) is 11.6 Å². The van der Waals surface area contributed by atoms with Gasteiger partial charge in [-0.25, -0.2) is 15.0 Å². The Hall–Kier alpha value is -2.94. The summed E-state index contributed by atoms with van der Waals surface area (Å²) in [4.78, 5) is 29.3. The second kappa shape index (κ2) is 9.47. The maximum Gasteiger partial charge on any atom is 0.254 e. The molecule has 1 aliphatic heterocycles. The lowest BCUT2D eigenvalue weighted by Gasteiger charge is -2.35. The summed E-state index contributed by atoms with van der Waals surface area (Å²) in [6.07, 6.45) is 2.97. The van der Waals surface area contributed by atoms with Crippen molar-refractivity contribution in [1.82, 2.24) is 19.9 Å². The van der Waals surface area contributed by atoms with Crippen molar-refractivity contribution in [3.05, 3.63) is 70.2 Å². The van der Waals surface area contributed by atoms with Gasteiger partial charge in [0.05, 0.1) is 15.7 Å². The highest BCUT2D eigenvalue weighted by molar-refractivity contribution is 6.36. The molecule has 0 aliphatic carbocycles. The highest BCUT2D eigenvalue weighted by atomic mass is 35.5. The number of benzene rings is 1. The molecule has 160 valence electrons. The minimum Gasteiger partial charge on any atom is -0.439 e. The van der Waals surface area contributed by atoms with Crippen molar-refractivity contribution in [3.8, 4) is 11.6 Å². The average Bonchev–Trinajstić information content (AvgIpc) is 2.79. The van der Waals surface area contributed by atoms with Crippen molar-refractivity contribution in [3.63, 3.8) is 0 Å². The summed E-state index contributed by atoms with van der Waals surface area (Å²) in [7, 11) is 0. The van der Waals surface area contributed by atoms with E-state index >= 15 is 0 Å². The summed E-state index contributed by atoms with van der Waals surface area (Å²) in [5, 5.41) is 0.991. The van der Waals surface area contributed by atoms with Crippen molar-refractivity contribution >= 4 is 34.9 Å². The molecule has 0 atom stereocenters. The maximum absolute atomic E-state index is 13.0. The second-order valence-corrected chi connectivity index (χ2v) is 7.76. The predicted octanol–water partition coefficient (Wildman–Crippen LogP) is 3.39. The van der Waals surface area contributed by atoms with Gasteiger partial charge in [0, 0.05) is 50.6 Å². The van der Waals surface area contributed by atoms with Gasteiger partial charge in [-0.15, -0.1) is 0 Å². The molecule has 4 rings (SSSR count). The molecule has 3 heterocycles. The lowest BCUT2D eigenvalue weighted by molar-refractivity contribution is 0.0746. The first-order chi connectivity index (χ1) is 15.0. The molecule has 2 N–H and O–H groups in total. The highest BCUT2D eigenvalue weighted by Gasteiger charge is 2.24. The Morgan fingerprint density at radius 3 is 2.61 bits per heavy atom. The van der Waals surface area contributed by atoms with Crippen LogP contribution in [0.4, 0.5) is 5.82 Å². The predicted molar refractivity (Wildman–Crippen MR) is 119 cm³/mol. The lowest BCUT2D eigenvalue weighted by atomic mass is 10.1. The van der Waals surface area contributed by atoms with Crippen LogP contribution in [0.15, 0.2) is 48.9 Å². The van der Waals surface area contributed by atoms with Crippen LogP contribution in [0.3, 0.4) is 0 Å². The van der Waals surface area contributed by atoms with Crippen LogP contribution in [0.2, 0.25) is 10.0 Å². The molecule has 0 bridgehead atoms. The van der Waals surface area contributed by atoms with Gasteiger partial charge < -0.3 is 20.3 Å². The van der Waals surface area contributed by atoms with E-state index < -0.39 is 0 Å². The van der Waals surface area contributed by atoms with Crippen LogP contribution in [-0.4, -0.2) is 51.9 Å². The molecule has 1 fully saturated rings. The second-order valence-electron chi connectivity index (χ2n) is 6.92. The lowest BCUT2D eigenvalue weighted by Crippen LogP contribution is -2.49. The van der Waals surface area contributed by atoms with Crippen LogP contribution in [-0.2, 0) is 6.54 Å². The molecule has 31 heavy (non-hydrogen) atoms. The number of hydrogen-bond donors (Lipinski definition) is 1. The zero-order valence-corrected chi connectivity index (χ0v) is 18.1. The Morgan fingerprint density at radius 2 is 1.87 bits per heavy atom. The van der Waals surface area contributed by atoms with E-state index in [9.17, 15) is 4.79 Å². The number of ether oxygens (including phenoxy) is 1. The fourth-order valence-corrected chi connectivity index (χ4v) is 3.80. The number of carbonyl (C=O) groups excluding carboxylic acids is 1. The van der Waals surface area contributed by atoms with Gasteiger partial charge in [-0.1, -0.05) is 29.3 Å². The van der Waals surface area contributed by atoms with Crippen molar-refractivity contribution in [2.45, 2.75) is 6.54 Å². The normalized spacial score (nSPS) is 13.9. The molecule has 0 unspecified atom stereocenters. The summed E-state index contributed by atoms with van der Waals surface area (Å²) in [6.45, 7) is 2.64. The van der Waals surface area contributed by atoms with Gasteiger partial charge in [-0.05, 0) is 24.3 Å². The van der Waals surface area contributed by atoms with E-state index in [0.29, 0.717) is 71.5 Å². The van der Waals surface area contributed by atoms with Crippen LogP contribution >= 0.6 is 23.2 Å². The van der Waals surface area contributed by atoms with Crippen LogP contribution in [0, 0.1) is 0 Å². The van der Waals surface area contributed by atoms with Gasteiger partial charge in [-0.3, -0.25) is 4.79 Å². The van der Waals surface area contributed by atoms with Crippen molar-refractivity contribution in [2.24, 2.45) is 5.73 Å². The standard InChI is InChI=1S/C21H20Cl2N6O2/c22-15-9-18(23)20(25-12-15)28-4-6-29(7-5-28)21(30)14-2-1-3-17(8-14)31-19-10-16(11-24)26-13-27-19/h1-3,8-10,12-13H,4-7,11,24H2. The fraction of sp³-hybridized carbons (Fsp3) is 0.238. The third kappa shape index (κ3) is 5.04. The Kier molecular flexibility index (Phi) is 6.50. The zero-order chi connectivity index (χ0) is 21.8. The summed E-state index contributed by atoms with van der Waals surface area (Å²) in [6, 6.07) is 10.4. The quantitative estimate of drug-likeness (QED) is 0.625. The van der Waals surface area contributed by atoms with E-state index in [1.54, 1.807) is 47.5 Å². The van der Waals surface area contributed by atoms with Crippen LogP contribution in [0.25, 0.3) is 0 Å². The first-order valence-electron chi connectivity index (χ1n) is 9.67. The number of hydrogen-bond acceptors (Lipinski definition) is 7. The van der Waals surface area contributed by atoms with E-state index in [1.165, 1.54) is 6.33 Å². The summed E-state index contributed by atoms with van der Waals surface area (Å²) < 4.78 is 5.78. The molecular formula is C21H20Cl2N6O2. The number of rotatable bonds is 5. The molecule has 10 heteroatoms. The van der Waals surface area contributed by atoms with Gasteiger partial charge in [0.1, 0.15) is 17.9 Å². The SMILES string of the molecule is NCc1cc(Oc2cccc(C(=O)N3CCN(c4ncc(Cl)cc4Cl)CC3)c2)ncn1. The molecule has 0 saturated carbocycles. The third-order valence-corrected chi connectivity index (χ3v) is 5.35. The number of amides is 1. The Labute approximate surface area is 189 Å². The molecule has 1 saturated heterocycles. The van der Waals surface area contributed by atoms with E-state index in [1.807, 2.05) is 4.90 Å². The average molecular weight is 459 g/mol. The minimum atomic E-state index is -0.0643. The number of nitrogens with zero attached hydrogens (tertiary/aromatic N) is 5. The van der Waals surface area contributed by atoms with Gasteiger partial charge in [0.25, 0.3) is 5.91 Å². The molecule has 0 spiro atoms. The maximum atomic E-state index is 13.0. The number of pyridine rings is 1. The van der Waals surface area contributed by atoms with E-state index in [-0.39, 0.29) is 5.91 Å². The fourth-order valence-electron chi connectivity index (χ4n) is 3.30. The van der Waals surface area contributed by atoms with Gasteiger partial charge in [-0.2, -0.15) is 0 Å². The van der Waals surface area contributed by atoms with Crippen molar-refractivity contribution < 1.29 is 9.53 Å². The van der Waals surface area contributed by atoms with Gasteiger partial charge in [0.15, 0.2) is 0 Å². The van der Waals surface area contributed by atoms with Gasteiger partial charge >= 0.3 is 0 Å². The molecule has 3 aromatic rings.